The molecular weight excluding hydrogens is 246 g/mol. The molecule has 3 rings (SSSR count). The second-order valence-corrected chi connectivity index (χ2v) is 5.52. The van der Waals surface area contributed by atoms with Gasteiger partial charge < -0.3 is 4.74 Å². The normalized spacial score (nSPS) is 17.1. The SMILES string of the molecule is COc1cccnc1[C@H](c1ccccc1)C1CCCC1. The molecule has 1 heterocycles. The summed E-state index contributed by atoms with van der Waals surface area (Å²) < 4.78 is 5.54. The van der Waals surface area contributed by atoms with E-state index in [9.17, 15) is 0 Å². The highest BCUT2D eigenvalue weighted by molar-refractivity contribution is 5.38. The number of pyridine rings is 1. The van der Waals surface area contributed by atoms with Gasteiger partial charge in [0.2, 0.25) is 0 Å². The number of aromatic nitrogens is 1. The molecule has 1 aromatic heterocycles. The molecule has 1 atom stereocenters. The van der Waals surface area contributed by atoms with Gasteiger partial charge in [0.1, 0.15) is 5.75 Å². The quantitative estimate of drug-likeness (QED) is 0.818. The Morgan fingerprint density at radius 2 is 1.80 bits per heavy atom. The largest absolute Gasteiger partial charge is 0.495 e. The Hall–Kier alpha value is -1.83. The van der Waals surface area contributed by atoms with E-state index in [1.54, 1.807) is 7.11 Å². The number of benzene rings is 1. The van der Waals surface area contributed by atoms with Crippen LogP contribution < -0.4 is 4.74 Å². The van der Waals surface area contributed by atoms with Crippen molar-refractivity contribution in [1.29, 1.82) is 0 Å². The van der Waals surface area contributed by atoms with Crippen LogP contribution in [0.3, 0.4) is 0 Å². The molecule has 1 aliphatic rings. The van der Waals surface area contributed by atoms with Gasteiger partial charge in [-0.3, -0.25) is 4.98 Å². The molecule has 1 fully saturated rings. The smallest absolute Gasteiger partial charge is 0.140 e. The number of ether oxygens (including phenoxy) is 1. The third kappa shape index (κ3) is 2.55. The van der Waals surface area contributed by atoms with Gasteiger partial charge in [0.05, 0.1) is 12.8 Å². The monoisotopic (exact) mass is 267 g/mol. The van der Waals surface area contributed by atoms with Gasteiger partial charge in [0.15, 0.2) is 0 Å². The van der Waals surface area contributed by atoms with Gasteiger partial charge in [0, 0.05) is 12.1 Å². The van der Waals surface area contributed by atoms with Crippen LogP contribution in [0.15, 0.2) is 48.7 Å². The maximum atomic E-state index is 5.54. The first-order chi connectivity index (χ1) is 9.90. The van der Waals surface area contributed by atoms with Gasteiger partial charge in [-0.1, -0.05) is 43.2 Å². The lowest BCUT2D eigenvalue weighted by atomic mass is 9.82. The van der Waals surface area contributed by atoms with Gasteiger partial charge in [-0.2, -0.15) is 0 Å². The van der Waals surface area contributed by atoms with Crippen molar-refractivity contribution >= 4 is 0 Å². The molecular formula is C18H21NO. The Morgan fingerprint density at radius 3 is 2.50 bits per heavy atom. The summed E-state index contributed by atoms with van der Waals surface area (Å²) in [6.45, 7) is 0. The minimum Gasteiger partial charge on any atom is -0.495 e. The van der Waals surface area contributed by atoms with Gasteiger partial charge in [0.25, 0.3) is 0 Å². The number of nitrogens with zero attached hydrogens (tertiary/aromatic N) is 1. The van der Waals surface area contributed by atoms with Crippen LogP contribution in [0.5, 0.6) is 5.75 Å². The first-order valence-corrected chi connectivity index (χ1v) is 7.44. The van der Waals surface area contributed by atoms with Crippen LogP contribution in [-0.2, 0) is 0 Å². The topological polar surface area (TPSA) is 22.1 Å². The Kier molecular flexibility index (Phi) is 4.00. The van der Waals surface area contributed by atoms with Crippen molar-refractivity contribution < 1.29 is 4.74 Å². The maximum Gasteiger partial charge on any atom is 0.140 e. The molecule has 1 saturated carbocycles. The summed E-state index contributed by atoms with van der Waals surface area (Å²) in [5.74, 6) is 1.95. The molecule has 0 bridgehead atoms. The van der Waals surface area contributed by atoms with E-state index >= 15 is 0 Å². The highest BCUT2D eigenvalue weighted by Gasteiger charge is 2.30. The highest BCUT2D eigenvalue weighted by atomic mass is 16.5. The first kappa shape index (κ1) is 13.2. The van der Waals surface area contributed by atoms with Crippen LogP contribution in [0.2, 0.25) is 0 Å². The molecule has 20 heavy (non-hydrogen) atoms. The minimum absolute atomic E-state index is 0.356. The minimum atomic E-state index is 0.356. The summed E-state index contributed by atoms with van der Waals surface area (Å²) in [5.41, 5.74) is 2.45. The Balaban J connectivity index is 2.05. The van der Waals surface area contributed by atoms with E-state index in [1.807, 2.05) is 18.3 Å². The fraction of sp³-hybridized carbons (Fsp3) is 0.389. The third-order valence-corrected chi connectivity index (χ3v) is 4.34. The van der Waals surface area contributed by atoms with E-state index in [0.717, 1.165) is 11.4 Å². The molecule has 0 saturated heterocycles. The summed E-state index contributed by atoms with van der Waals surface area (Å²) >= 11 is 0. The molecule has 0 amide bonds. The van der Waals surface area contributed by atoms with Crippen LogP contribution in [0.1, 0.15) is 42.9 Å². The van der Waals surface area contributed by atoms with Crippen molar-refractivity contribution in [3.8, 4) is 5.75 Å². The molecule has 1 aliphatic carbocycles. The van der Waals surface area contributed by atoms with Crippen LogP contribution in [-0.4, -0.2) is 12.1 Å². The fourth-order valence-corrected chi connectivity index (χ4v) is 3.41. The van der Waals surface area contributed by atoms with Crippen molar-refractivity contribution in [2.75, 3.05) is 7.11 Å². The van der Waals surface area contributed by atoms with Crippen molar-refractivity contribution in [1.82, 2.24) is 4.98 Å². The number of hydrogen-bond donors (Lipinski definition) is 0. The van der Waals surface area contributed by atoms with E-state index in [2.05, 4.69) is 35.3 Å². The van der Waals surface area contributed by atoms with Crippen molar-refractivity contribution in [3.05, 3.63) is 59.9 Å². The van der Waals surface area contributed by atoms with Crippen LogP contribution in [0.4, 0.5) is 0 Å². The van der Waals surface area contributed by atoms with E-state index in [-0.39, 0.29) is 0 Å². The summed E-state index contributed by atoms with van der Waals surface area (Å²) in [7, 11) is 1.73. The van der Waals surface area contributed by atoms with Crippen LogP contribution >= 0.6 is 0 Å². The predicted octanol–water partition coefficient (Wildman–Crippen LogP) is 4.41. The van der Waals surface area contributed by atoms with Gasteiger partial charge >= 0.3 is 0 Å². The lowest BCUT2D eigenvalue weighted by Crippen LogP contribution is -2.14. The van der Waals surface area contributed by atoms with Crippen LogP contribution in [0.25, 0.3) is 0 Å². The summed E-state index contributed by atoms with van der Waals surface area (Å²) in [4.78, 5) is 4.65. The molecule has 0 N–H and O–H groups in total. The van der Waals surface area contributed by atoms with E-state index < -0.39 is 0 Å². The third-order valence-electron chi connectivity index (χ3n) is 4.34. The zero-order chi connectivity index (χ0) is 13.8. The zero-order valence-electron chi connectivity index (χ0n) is 12.0. The molecule has 104 valence electrons. The molecule has 2 heteroatoms. The summed E-state index contributed by atoms with van der Waals surface area (Å²) in [6.07, 6.45) is 7.13. The molecule has 0 unspecified atom stereocenters. The van der Waals surface area contributed by atoms with Crippen molar-refractivity contribution in [2.45, 2.75) is 31.6 Å². The number of methoxy groups -OCH3 is 1. The number of hydrogen-bond acceptors (Lipinski definition) is 2. The Labute approximate surface area is 120 Å². The van der Waals surface area contributed by atoms with Crippen LogP contribution in [0, 0.1) is 5.92 Å². The fourth-order valence-electron chi connectivity index (χ4n) is 3.41. The molecule has 0 aliphatic heterocycles. The molecule has 2 aromatic rings. The zero-order valence-corrected chi connectivity index (χ0v) is 12.0. The maximum absolute atomic E-state index is 5.54. The van der Waals surface area contributed by atoms with E-state index in [4.69, 9.17) is 4.74 Å². The average molecular weight is 267 g/mol. The van der Waals surface area contributed by atoms with Gasteiger partial charge in [-0.15, -0.1) is 0 Å². The Morgan fingerprint density at radius 1 is 1.05 bits per heavy atom. The lowest BCUT2D eigenvalue weighted by molar-refractivity contribution is 0.390. The molecule has 2 nitrogen and oxygen atoms in total. The first-order valence-electron chi connectivity index (χ1n) is 7.44. The summed E-state index contributed by atoms with van der Waals surface area (Å²) in [5, 5.41) is 0. The van der Waals surface area contributed by atoms with Gasteiger partial charge in [-0.05, 0) is 36.5 Å². The van der Waals surface area contributed by atoms with E-state index in [1.165, 1.54) is 31.2 Å². The second kappa shape index (κ2) is 6.08. The lowest BCUT2D eigenvalue weighted by Gasteiger charge is -2.25. The average Bonchev–Trinajstić information content (AvgIpc) is 3.03. The molecule has 0 radical (unpaired) electrons. The molecule has 0 spiro atoms. The molecule has 1 aromatic carbocycles. The standard InChI is InChI=1S/C18H21NO/c1-20-16-12-7-13-19-18(16)17(15-10-5-6-11-15)14-8-3-2-4-9-14/h2-4,7-9,12-13,15,17H,5-6,10-11H2,1H3/t17-/m1/s1. The highest BCUT2D eigenvalue weighted by Crippen LogP contribution is 2.43. The summed E-state index contributed by atoms with van der Waals surface area (Å²) in [6, 6.07) is 14.7. The van der Waals surface area contributed by atoms with Gasteiger partial charge in [-0.25, -0.2) is 0 Å². The van der Waals surface area contributed by atoms with E-state index in [0.29, 0.717) is 11.8 Å². The van der Waals surface area contributed by atoms with Crippen molar-refractivity contribution in [3.63, 3.8) is 0 Å². The second-order valence-electron chi connectivity index (χ2n) is 5.52. The predicted molar refractivity (Wildman–Crippen MR) is 81.0 cm³/mol. The number of rotatable bonds is 4. The Bertz CT molecular complexity index is 546. The van der Waals surface area contributed by atoms with Crippen molar-refractivity contribution in [2.24, 2.45) is 5.92 Å².